The summed E-state index contributed by atoms with van der Waals surface area (Å²) in [6, 6.07) is 11.5. The fraction of sp³-hybridized carbons (Fsp3) is 0.522. The number of rotatable bonds is 8. The molecule has 0 radical (unpaired) electrons. The lowest BCUT2D eigenvalue weighted by molar-refractivity contribution is -0.137. The maximum atomic E-state index is 13.5. The van der Waals surface area contributed by atoms with E-state index in [0.29, 0.717) is 30.5 Å². The fourth-order valence-electron chi connectivity index (χ4n) is 4.15. The quantitative estimate of drug-likeness (QED) is 0.710. The van der Waals surface area contributed by atoms with Crippen molar-refractivity contribution in [2.45, 2.75) is 58.3 Å². The number of nitrogens with one attached hydrogen (secondary N) is 1. The van der Waals surface area contributed by atoms with Gasteiger partial charge in [0, 0.05) is 12.6 Å². The molecule has 1 fully saturated rings. The van der Waals surface area contributed by atoms with Crippen molar-refractivity contribution in [2.75, 3.05) is 18.4 Å². The Morgan fingerprint density at radius 2 is 1.93 bits per heavy atom. The summed E-state index contributed by atoms with van der Waals surface area (Å²) >= 11 is 0. The smallest absolute Gasteiger partial charge is 0.245 e. The van der Waals surface area contributed by atoms with E-state index < -0.39 is 0 Å². The van der Waals surface area contributed by atoms with Gasteiger partial charge in [0.15, 0.2) is 5.82 Å². The summed E-state index contributed by atoms with van der Waals surface area (Å²) in [5.41, 5.74) is 1.00. The van der Waals surface area contributed by atoms with Crippen molar-refractivity contribution in [1.82, 2.24) is 10.1 Å². The molecular formula is C23H31N3O3. The molecule has 2 amide bonds. The van der Waals surface area contributed by atoms with Crippen molar-refractivity contribution in [1.29, 1.82) is 0 Å². The Hall–Kier alpha value is -2.63. The number of anilines is 1. The monoisotopic (exact) mass is 397 g/mol. The molecule has 6 heteroatoms. The van der Waals surface area contributed by atoms with Gasteiger partial charge in [-0.3, -0.25) is 9.59 Å². The predicted molar refractivity (Wildman–Crippen MR) is 112 cm³/mol. The maximum Gasteiger partial charge on any atom is 0.245 e. The van der Waals surface area contributed by atoms with Crippen LogP contribution in [0.15, 0.2) is 40.9 Å². The number of aryl methyl sites for hydroxylation is 1. The Morgan fingerprint density at radius 3 is 2.55 bits per heavy atom. The molecule has 3 rings (SSSR count). The molecule has 0 aliphatic heterocycles. The second kappa shape index (κ2) is 10.2. The van der Waals surface area contributed by atoms with E-state index in [1.165, 1.54) is 19.3 Å². The molecule has 6 nitrogen and oxygen atoms in total. The van der Waals surface area contributed by atoms with Gasteiger partial charge in [0.1, 0.15) is 5.76 Å². The van der Waals surface area contributed by atoms with Crippen LogP contribution in [0, 0.1) is 12.8 Å². The van der Waals surface area contributed by atoms with Gasteiger partial charge in [-0.15, -0.1) is 0 Å². The fourth-order valence-corrected chi connectivity index (χ4v) is 4.15. The normalized spacial score (nSPS) is 15.7. The average molecular weight is 398 g/mol. The summed E-state index contributed by atoms with van der Waals surface area (Å²) in [7, 11) is 0. The van der Waals surface area contributed by atoms with Crippen LogP contribution in [-0.4, -0.2) is 35.0 Å². The summed E-state index contributed by atoms with van der Waals surface area (Å²) < 4.78 is 5.01. The van der Waals surface area contributed by atoms with E-state index in [1.807, 2.05) is 37.3 Å². The first-order valence-electron chi connectivity index (χ1n) is 10.6. The van der Waals surface area contributed by atoms with E-state index in [1.54, 1.807) is 17.9 Å². The predicted octanol–water partition coefficient (Wildman–Crippen LogP) is 4.52. The summed E-state index contributed by atoms with van der Waals surface area (Å²) in [6.45, 7) is 4.46. The number of amides is 2. The van der Waals surface area contributed by atoms with Gasteiger partial charge in [-0.2, -0.15) is 0 Å². The minimum Gasteiger partial charge on any atom is -0.360 e. The highest BCUT2D eigenvalue weighted by molar-refractivity contribution is 5.95. The van der Waals surface area contributed by atoms with Crippen LogP contribution < -0.4 is 5.32 Å². The molecule has 29 heavy (non-hydrogen) atoms. The first-order chi connectivity index (χ1) is 14.1. The Bertz CT molecular complexity index is 797. The molecule has 156 valence electrons. The zero-order valence-electron chi connectivity index (χ0n) is 17.4. The highest BCUT2D eigenvalue weighted by atomic mass is 16.5. The topological polar surface area (TPSA) is 75.4 Å². The van der Waals surface area contributed by atoms with Crippen molar-refractivity contribution in [3.05, 3.63) is 47.7 Å². The molecule has 0 saturated heterocycles. The Kier molecular flexibility index (Phi) is 7.44. The molecule has 1 aromatic carbocycles. The van der Waals surface area contributed by atoms with Crippen LogP contribution in [0.4, 0.5) is 5.82 Å². The standard InChI is InChI=1S/C23H31N3O3/c1-3-20(19-12-8-5-9-13-19)23(28)26(15-18-10-6-4-7-11-18)16-22(27)24-21-14-17(2)29-25-21/h5,8-9,12-14,18,20H,3-4,6-7,10-11,15-16H2,1-2H3,(H,24,25,27). The highest BCUT2D eigenvalue weighted by Crippen LogP contribution is 2.27. The second-order valence-electron chi connectivity index (χ2n) is 7.97. The summed E-state index contributed by atoms with van der Waals surface area (Å²) in [4.78, 5) is 27.8. The third-order valence-electron chi connectivity index (χ3n) is 5.65. The average Bonchev–Trinajstić information content (AvgIpc) is 3.14. The molecule has 1 unspecified atom stereocenters. The van der Waals surface area contributed by atoms with Crippen LogP contribution in [0.3, 0.4) is 0 Å². The molecule has 1 aliphatic carbocycles. The number of carbonyl (C=O) groups is 2. The first-order valence-corrected chi connectivity index (χ1v) is 10.6. The molecule has 2 aromatic rings. The largest absolute Gasteiger partial charge is 0.360 e. The SMILES string of the molecule is CCC(C(=O)N(CC(=O)Nc1cc(C)on1)CC1CCCCC1)c1ccccc1. The van der Waals surface area contributed by atoms with E-state index >= 15 is 0 Å². The van der Waals surface area contributed by atoms with Crippen LogP contribution in [0.2, 0.25) is 0 Å². The first kappa shape index (κ1) is 21.1. The van der Waals surface area contributed by atoms with Gasteiger partial charge in [-0.25, -0.2) is 0 Å². The third-order valence-corrected chi connectivity index (χ3v) is 5.65. The van der Waals surface area contributed by atoms with Crippen LogP contribution >= 0.6 is 0 Å². The van der Waals surface area contributed by atoms with E-state index in [0.717, 1.165) is 18.4 Å². The molecule has 1 heterocycles. The van der Waals surface area contributed by atoms with Gasteiger partial charge in [0.05, 0.1) is 12.5 Å². The minimum absolute atomic E-state index is 0.0238. The van der Waals surface area contributed by atoms with Gasteiger partial charge in [0.25, 0.3) is 0 Å². The molecule has 1 aliphatic rings. The number of benzene rings is 1. The lowest BCUT2D eigenvalue weighted by Gasteiger charge is -2.32. The van der Waals surface area contributed by atoms with E-state index in [-0.39, 0.29) is 24.3 Å². The molecule has 0 spiro atoms. The summed E-state index contributed by atoms with van der Waals surface area (Å²) in [5.74, 6) is 1.02. The van der Waals surface area contributed by atoms with Gasteiger partial charge < -0.3 is 14.7 Å². The summed E-state index contributed by atoms with van der Waals surface area (Å²) in [6.07, 6.45) is 6.61. The minimum atomic E-state index is -0.245. The second-order valence-corrected chi connectivity index (χ2v) is 7.97. The summed E-state index contributed by atoms with van der Waals surface area (Å²) in [5, 5.41) is 6.56. The Labute approximate surface area is 172 Å². The Balaban J connectivity index is 1.73. The highest BCUT2D eigenvalue weighted by Gasteiger charge is 2.28. The molecule has 1 N–H and O–H groups in total. The number of aromatic nitrogens is 1. The van der Waals surface area contributed by atoms with Crippen molar-refractivity contribution >= 4 is 17.6 Å². The van der Waals surface area contributed by atoms with Gasteiger partial charge >= 0.3 is 0 Å². The Morgan fingerprint density at radius 1 is 1.21 bits per heavy atom. The molecule has 0 bridgehead atoms. The van der Waals surface area contributed by atoms with Gasteiger partial charge in [-0.1, -0.05) is 61.7 Å². The van der Waals surface area contributed by atoms with E-state index in [9.17, 15) is 9.59 Å². The van der Waals surface area contributed by atoms with Crippen LogP contribution in [-0.2, 0) is 9.59 Å². The zero-order chi connectivity index (χ0) is 20.6. The van der Waals surface area contributed by atoms with Crippen molar-refractivity contribution in [2.24, 2.45) is 5.92 Å². The van der Waals surface area contributed by atoms with E-state index in [2.05, 4.69) is 10.5 Å². The lowest BCUT2D eigenvalue weighted by Crippen LogP contribution is -2.43. The number of nitrogens with zero attached hydrogens (tertiary/aromatic N) is 2. The van der Waals surface area contributed by atoms with E-state index in [4.69, 9.17) is 4.52 Å². The maximum absolute atomic E-state index is 13.5. The van der Waals surface area contributed by atoms with Crippen LogP contribution in [0.1, 0.15) is 62.7 Å². The molecule has 1 saturated carbocycles. The van der Waals surface area contributed by atoms with Crippen LogP contribution in [0.5, 0.6) is 0 Å². The molecular weight excluding hydrogens is 366 g/mol. The van der Waals surface area contributed by atoms with Crippen molar-refractivity contribution < 1.29 is 14.1 Å². The molecule has 1 aromatic heterocycles. The lowest BCUT2D eigenvalue weighted by atomic mass is 9.88. The van der Waals surface area contributed by atoms with Crippen molar-refractivity contribution in [3.8, 4) is 0 Å². The zero-order valence-corrected chi connectivity index (χ0v) is 17.4. The molecule has 1 atom stereocenters. The van der Waals surface area contributed by atoms with Gasteiger partial charge in [-0.05, 0) is 37.7 Å². The van der Waals surface area contributed by atoms with Gasteiger partial charge in [0.2, 0.25) is 11.8 Å². The van der Waals surface area contributed by atoms with Crippen molar-refractivity contribution in [3.63, 3.8) is 0 Å². The van der Waals surface area contributed by atoms with Crippen LogP contribution in [0.25, 0.3) is 0 Å². The number of carbonyl (C=O) groups excluding carboxylic acids is 2. The number of hydrogen-bond donors (Lipinski definition) is 1. The third kappa shape index (κ3) is 5.92. The number of hydrogen-bond acceptors (Lipinski definition) is 4.